The summed E-state index contributed by atoms with van der Waals surface area (Å²) in [6.07, 6.45) is 0. The molecule has 32 heavy (non-hydrogen) atoms. The van der Waals surface area contributed by atoms with Crippen LogP contribution in [0.4, 0.5) is 0 Å². The Bertz CT molecular complexity index is 1680. The minimum absolute atomic E-state index is 0.851. The molecule has 0 radical (unpaired) electrons. The first-order valence-electron chi connectivity index (χ1n) is 10.1. The van der Waals surface area contributed by atoms with Crippen molar-refractivity contribution in [3.05, 3.63) is 58.3 Å². The van der Waals surface area contributed by atoms with E-state index >= 15 is 0 Å². The molecular weight excluding hydrogens is 473 g/mol. The first kappa shape index (κ1) is 18.8. The van der Waals surface area contributed by atoms with Gasteiger partial charge in [0.05, 0.1) is 23.5 Å². The predicted octanol–water partition coefficient (Wildman–Crippen LogP) is 8.08. The van der Waals surface area contributed by atoms with Crippen LogP contribution in [0.15, 0.2) is 48.5 Å². The third-order valence-corrected chi connectivity index (χ3v) is 9.20. The van der Waals surface area contributed by atoms with Crippen molar-refractivity contribution < 1.29 is 0 Å². The zero-order valence-corrected chi connectivity index (χ0v) is 20.3. The number of benzene rings is 3. The minimum Gasteiger partial charge on any atom is -0.172 e. The average Bonchev–Trinajstić information content (AvgIpc) is 3.56. The Labute approximate surface area is 199 Å². The zero-order chi connectivity index (χ0) is 21.4. The van der Waals surface area contributed by atoms with Gasteiger partial charge in [-0.3, -0.25) is 0 Å². The Hall–Kier alpha value is -2.78. The molecule has 8 heteroatoms. The molecule has 0 saturated carbocycles. The molecule has 0 amide bonds. The molecule has 7 rings (SSSR count). The van der Waals surface area contributed by atoms with Crippen LogP contribution in [-0.2, 0) is 0 Å². The maximum atomic E-state index is 4.81. The van der Waals surface area contributed by atoms with Crippen molar-refractivity contribution >= 4 is 88.4 Å². The highest BCUT2D eigenvalue weighted by Gasteiger charge is 2.28. The van der Waals surface area contributed by atoms with Crippen molar-refractivity contribution in [2.45, 2.75) is 13.8 Å². The van der Waals surface area contributed by atoms with E-state index in [1.807, 2.05) is 22.7 Å². The Morgan fingerprint density at radius 1 is 0.500 bits per heavy atom. The largest absolute Gasteiger partial charge is 0.172 e. The molecule has 4 heterocycles. The van der Waals surface area contributed by atoms with Crippen molar-refractivity contribution in [1.82, 2.24) is 17.5 Å². The molecule has 7 aromatic rings. The minimum atomic E-state index is 0.851. The fraction of sp³-hybridized carbons (Fsp3) is 0.0833. The monoisotopic (exact) mass is 486 g/mol. The summed E-state index contributed by atoms with van der Waals surface area (Å²) in [6, 6.07) is 17.3. The van der Waals surface area contributed by atoms with Crippen molar-refractivity contribution in [2.75, 3.05) is 0 Å². The number of nitrogens with zero attached hydrogens (tertiary/aromatic N) is 4. The molecule has 0 aliphatic rings. The Morgan fingerprint density at radius 3 is 1.38 bits per heavy atom. The number of thiophene rings is 2. The molecule has 0 saturated heterocycles. The normalized spacial score (nSPS) is 12.1. The van der Waals surface area contributed by atoms with Crippen LogP contribution in [0.1, 0.15) is 9.75 Å². The maximum Gasteiger partial charge on any atom is 0.134 e. The fourth-order valence-corrected chi connectivity index (χ4v) is 7.95. The van der Waals surface area contributed by atoms with Gasteiger partial charge in [-0.15, -0.1) is 22.7 Å². The van der Waals surface area contributed by atoms with Crippen molar-refractivity contribution in [3.63, 3.8) is 0 Å². The lowest BCUT2D eigenvalue weighted by Crippen LogP contribution is -1.92. The molecule has 0 unspecified atom stereocenters. The average molecular weight is 487 g/mol. The summed E-state index contributed by atoms with van der Waals surface area (Å²) in [7, 11) is 0. The van der Waals surface area contributed by atoms with Crippen molar-refractivity contribution in [2.24, 2.45) is 0 Å². The topological polar surface area (TPSA) is 51.6 Å². The van der Waals surface area contributed by atoms with Gasteiger partial charge in [0, 0.05) is 52.2 Å². The lowest BCUT2D eigenvalue weighted by atomic mass is 9.89. The van der Waals surface area contributed by atoms with Crippen LogP contribution in [-0.4, -0.2) is 17.5 Å². The van der Waals surface area contributed by atoms with Crippen LogP contribution < -0.4 is 0 Å². The van der Waals surface area contributed by atoms with Gasteiger partial charge < -0.3 is 0 Å². The van der Waals surface area contributed by atoms with E-state index in [1.165, 1.54) is 64.5 Å². The summed E-state index contributed by atoms with van der Waals surface area (Å²) in [5, 5.41) is 2.51. The Kier molecular flexibility index (Phi) is 4.02. The van der Waals surface area contributed by atoms with Crippen LogP contribution in [0.5, 0.6) is 0 Å². The van der Waals surface area contributed by atoms with Gasteiger partial charge in [-0.2, -0.15) is 17.5 Å². The van der Waals surface area contributed by atoms with E-state index in [0.29, 0.717) is 0 Å². The Morgan fingerprint density at radius 2 is 0.906 bits per heavy atom. The number of hydrogen-bond donors (Lipinski definition) is 0. The molecule has 0 bridgehead atoms. The summed E-state index contributed by atoms with van der Waals surface area (Å²) in [4.78, 5) is 2.56. The quantitative estimate of drug-likeness (QED) is 0.248. The van der Waals surface area contributed by atoms with Crippen molar-refractivity contribution in [3.8, 4) is 22.3 Å². The molecule has 0 aliphatic heterocycles. The van der Waals surface area contributed by atoms with Crippen LogP contribution in [0.2, 0.25) is 0 Å². The van der Waals surface area contributed by atoms with E-state index in [0.717, 1.165) is 33.2 Å². The standard InChI is InChI=1S/C24H14N4S4/c1-11-17(13-7-3-5-9-15(13)29-11)19-20(18-12(2)30-16-10-6-4-8-14(16)18)22-24(28-32-26-22)23-21(19)25-31-27-23/h3-10H,1-2H3. The number of hydrogen-bond acceptors (Lipinski definition) is 8. The molecule has 0 aliphatic carbocycles. The third kappa shape index (κ3) is 2.46. The molecular formula is C24H14N4S4. The van der Waals surface area contributed by atoms with Gasteiger partial charge in [-0.25, -0.2) is 0 Å². The summed E-state index contributed by atoms with van der Waals surface area (Å²) in [6.45, 7) is 4.41. The molecule has 4 nitrogen and oxygen atoms in total. The second kappa shape index (κ2) is 6.86. The number of aryl methyl sites for hydroxylation is 2. The van der Waals surface area contributed by atoms with Crippen LogP contribution >= 0.6 is 46.1 Å². The van der Waals surface area contributed by atoms with Gasteiger partial charge in [0.15, 0.2) is 0 Å². The highest BCUT2D eigenvalue weighted by Crippen LogP contribution is 2.51. The molecule has 0 atom stereocenters. The first-order chi connectivity index (χ1) is 15.7. The summed E-state index contributed by atoms with van der Waals surface area (Å²) < 4.78 is 21.5. The third-order valence-electron chi connectivity index (χ3n) is 5.97. The van der Waals surface area contributed by atoms with Gasteiger partial charge >= 0.3 is 0 Å². The highest BCUT2D eigenvalue weighted by atomic mass is 32.1. The van der Waals surface area contributed by atoms with Gasteiger partial charge in [0.25, 0.3) is 0 Å². The van der Waals surface area contributed by atoms with E-state index in [1.54, 1.807) is 0 Å². The van der Waals surface area contributed by atoms with E-state index in [2.05, 4.69) is 71.1 Å². The lowest BCUT2D eigenvalue weighted by Gasteiger charge is -2.13. The molecule has 0 N–H and O–H groups in total. The highest BCUT2D eigenvalue weighted by molar-refractivity contribution is 7.20. The predicted molar refractivity (Wildman–Crippen MR) is 139 cm³/mol. The summed E-state index contributed by atoms with van der Waals surface area (Å²) in [5.74, 6) is 0. The number of rotatable bonds is 2. The maximum absolute atomic E-state index is 4.81. The van der Waals surface area contributed by atoms with E-state index in [4.69, 9.17) is 8.75 Å². The molecule has 0 spiro atoms. The molecule has 154 valence electrons. The SMILES string of the molecule is Cc1sc2ccccc2c1-c1c(-c2c(C)sc3ccccc23)c2nsnc2c2nsnc12. The van der Waals surface area contributed by atoms with Crippen LogP contribution in [0, 0.1) is 13.8 Å². The smallest absolute Gasteiger partial charge is 0.134 e. The number of fused-ring (bicyclic) bond motifs is 5. The lowest BCUT2D eigenvalue weighted by molar-refractivity contribution is 1.56. The molecule has 0 fully saturated rings. The van der Waals surface area contributed by atoms with Gasteiger partial charge in [0.1, 0.15) is 22.1 Å². The van der Waals surface area contributed by atoms with Crippen LogP contribution in [0.25, 0.3) is 64.5 Å². The number of aromatic nitrogens is 4. The summed E-state index contributed by atoms with van der Waals surface area (Å²) in [5.41, 5.74) is 8.30. The molecule has 3 aromatic carbocycles. The molecule has 4 aromatic heterocycles. The second-order valence-corrected chi connectivity index (χ2v) is 11.3. The Balaban J connectivity index is 1.77. The van der Waals surface area contributed by atoms with Gasteiger partial charge in [0.2, 0.25) is 0 Å². The van der Waals surface area contributed by atoms with E-state index in [-0.39, 0.29) is 0 Å². The zero-order valence-electron chi connectivity index (χ0n) is 17.0. The van der Waals surface area contributed by atoms with Crippen molar-refractivity contribution in [1.29, 1.82) is 0 Å². The summed E-state index contributed by atoms with van der Waals surface area (Å²) >= 11 is 6.16. The fourth-order valence-electron chi connectivity index (χ4n) is 4.70. The first-order valence-corrected chi connectivity index (χ1v) is 13.2. The van der Waals surface area contributed by atoms with Gasteiger partial charge in [-0.1, -0.05) is 36.4 Å². The van der Waals surface area contributed by atoms with Gasteiger partial charge in [-0.05, 0) is 26.0 Å². The second-order valence-electron chi connectivity index (χ2n) is 7.73. The van der Waals surface area contributed by atoms with E-state index < -0.39 is 0 Å². The van der Waals surface area contributed by atoms with Crippen LogP contribution in [0.3, 0.4) is 0 Å². The van der Waals surface area contributed by atoms with E-state index in [9.17, 15) is 0 Å².